The third kappa shape index (κ3) is 3.13. The first-order valence-electron chi connectivity index (χ1n) is 17.3. The summed E-state index contributed by atoms with van der Waals surface area (Å²) in [6.07, 6.45) is 2.84. The van der Waals surface area contributed by atoms with Gasteiger partial charge in [0.05, 0.1) is 0 Å². The van der Waals surface area contributed by atoms with Crippen LogP contribution in [0.5, 0.6) is 0 Å². The van der Waals surface area contributed by atoms with Gasteiger partial charge in [0.15, 0.2) is 11.3 Å². The van der Waals surface area contributed by atoms with Crippen LogP contribution < -0.4 is 26.2 Å². The lowest BCUT2D eigenvalue weighted by Crippen LogP contribution is -2.66. The van der Waals surface area contributed by atoms with Gasteiger partial charge in [-0.1, -0.05) is 53.7 Å². The van der Waals surface area contributed by atoms with E-state index >= 15 is 17.6 Å². The molecule has 3 aromatic carbocycles. The second-order valence-corrected chi connectivity index (χ2v) is 17.3. The Bertz CT molecular complexity index is 1760. The Hall–Kier alpha value is -2.96. The number of aryl methyl sites for hydroxylation is 1. The average Bonchev–Trinajstić information content (AvgIpc) is 3.32. The van der Waals surface area contributed by atoms with Crippen LogP contribution in [-0.4, -0.2) is 18.3 Å². The van der Waals surface area contributed by atoms with Gasteiger partial charge in [-0.15, -0.1) is 0 Å². The highest BCUT2D eigenvalue weighted by Crippen LogP contribution is 2.66. The van der Waals surface area contributed by atoms with Gasteiger partial charge < -0.3 is 9.80 Å². The Morgan fingerprint density at radius 3 is 1.37 bits per heavy atom. The van der Waals surface area contributed by atoms with Crippen LogP contribution in [0.15, 0.2) is 36.4 Å². The van der Waals surface area contributed by atoms with Crippen molar-refractivity contribution in [3.8, 4) is 0 Å². The Morgan fingerprint density at radius 1 is 0.587 bits per heavy atom. The number of nitrogens with zero attached hydrogens (tertiary/aromatic N) is 2. The third-order valence-electron chi connectivity index (χ3n) is 12.5. The van der Waals surface area contributed by atoms with E-state index in [1.807, 2.05) is 31.2 Å². The van der Waals surface area contributed by atoms with Crippen molar-refractivity contribution in [2.24, 2.45) is 0 Å². The zero-order chi connectivity index (χ0) is 32.6. The lowest BCUT2D eigenvalue weighted by molar-refractivity contribution is -0.0620. The first-order chi connectivity index (χ1) is 21.5. The third-order valence-corrected chi connectivity index (χ3v) is 12.5. The summed E-state index contributed by atoms with van der Waals surface area (Å²) in [5.74, 6) is -4.53. The summed E-state index contributed by atoms with van der Waals surface area (Å²) >= 11 is 0. The molecule has 0 amide bonds. The van der Waals surface area contributed by atoms with E-state index < -0.39 is 29.6 Å². The van der Waals surface area contributed by atoms with E-state index in [0.29, 0.717) is 59.6 Å². The Morgan fingerprint density at radius 2 is 0.978 bits per heavy atom. The summed E-state index contributed by atoms with van der Waals surface area (Å²) in [5, 5.41) is 0. The SMILES string of the molecule is Cc1cc2c3c(c1)N1c4c(cc(C(C)(C)C)cc4C4(F)CCCCC14F)B3c1cc(C(C)(C)C)cc3c1N2C1(F)CCCCC31F. The molecule has 4 atom stereocenters. The van der Waals surface area contributed by atoms with Crippen LogP contribution in [0.25, 0.3) is 0 Å². The average molecular weight is 627 g/mol. The number of halogens is 4. The molecule has 0 radical (unpaired) electrons. The molecule has 46 heavy (non-hydrogen) atoms. The lowest BCUT2D eigenvalue weighted by atomic mass is 9.33. The number of hydrogen-bond acceptors (Lipinski definition) is 2. The molecule has 3 aromatic rings. The van der Waals surface area contributed by atoms with Gasteiger partial charge in [0.25, 0.3) is 6.71 Å². The molecule has 7 heteroatoms. The molecule has 0 saturated heterocycles. The molecule has 2 saturated carbocycles. The van der Waals surface area contributed by atoms with E-state index in [1.54, 1.807) is 9.80 Å². The van der Waals surface area contributed by atoms with Crippen LogP contribution in [-0.2, 0) is 22.2 Å². The van der Waals surface area contributed by atoms with Crippen LogP contribution in [0.1, 0.15) is 121 Å². The topological polar surface area (TPSA) is 6.48 Å². The van der Waals surface area contributed by atoms with E-state index in [9.17, 15) is 0 Å². The maximum atomic E-state index is 17.9. The summed E-state index contributed by atoms with van der Waals surface area (Å²) in [4.78, 5) is 3.32. The number of rotatable bonds is 0. The highest BCUT2D eigenvalue weighted by molar-refractivity contribution is 7.00. The molecule has 2 fully saturated rings. The Labute approximate surface area is 270 Å². The van der Waals surface area contributed by atoms with Gasteiger partial charge in [0.1, 0.15) is 0 Å². The summed E-state index contributed by atoms with van der Waals surface area (Å²) in [6.45, 7) is 14.2. The quantitative estimate of drug-likeness (QED) is 0.140. The van der Waals surface area contributed by atoms with Crippen molar-refractivity contribution >= 4 is 45.9 Å². The fourth-order valence-corrected chi connectivity index (χ4v) is 10.1. The number of hydrogen-bond donors (Lipinski definition) is 0. The second kappa shape index (κ2) is 8.36. The van der Waals surface area contributed by atoms with Crippen LogP contribution in [0, 0.1) is 6.92 Å². The molecule has 9 rings (SSSR count). The van der Waals surface area contributed by atoms with Crippen LogP contribution in [0.2, 0.25) is 0 Å². The van der Waals surface area contributed by atoms with Crippen LogP contribution in [0.3, 0.4) is 0 Å². The highest BCUT2D eigenvalue weighted by Gasteiger charge is 2.71. The van der Waals surface area contributed by atoms with Gasteiger partial charge >= 0.3 is 0 Å². The fourth-order valence-electron chi connectivity index (χ4n) is 10.1. The van der Waals surface area contributed by atoms with Gasteiger partial charge in [0.2, 0.25) is 11.6 Å². The molecular formula is C39H43BF4N2. The monoisotopic (exact) mass is 626 g/mol. The van der Waals surface area contributed by atoms with Crippen LogP contribution in [0.4, 0.5) is 40.3 Å². The fraction of sp³-hybridized carbons (Fsp3) is 0.538. The minimum Gasteiger partial charge on any atom is -0.306 e. The maximum absolute atomic E-state index is 17.9. The van der Waals surface area contributed by atoms with Crippen molar-refractivity contribution in [3.63, 3.8) is 0 Å². The van der Waals surface area contributed by atoms with Gasteiger partial charge in [-0.3, -0.25) is 0 Å². The molecule has 0 bridgehead atoms. The van der Waals surface area contributed by atoms with Gasteiger partial charge in [-0.25, -0.2) is 17.6 Å². The molecule has 240 valence electrons. The predicted molar refractivity (Wildman–Crippen MR) is 181 cm³/mol. The highest BCUT2D eigenvalue weighted by atomic mass is 19.2. The predicted octanol–water partition coefficient (Wildman–Crippen LogP) is 8.85. The van der Waals surface area contributed by atoms with E-state index in [0.717, 1.165) is 33.1 Å². The number of alkyl halides is 4. The van der Waals surface area contributed by atoms with E-state index in [2.05, 4.69) is 53.7 Å². The molecule has 0 aromatic heterocycles. The van der Waals surface area contributed by atoms with E-state index in [-0.39, 0.29) is 36.5 Å². The molecule has 0 spiro atoms. The summed E-state index contributed by atoms with van der Waals surface area (Å²) in [7, 11) is 0. The number of anilines is 4. The van der Waals surface area contributed by atoms with Crippen molar-refractivity contribution in [1.82, 2.24) is 0 Å². The normalized spacial score (nSPS) is 31.8. The van der Waals surface area contributed by atoms with Crippen molar-refractivity contribution in [2.45, 2.75) is 134 Å². The van der Waals surface area contributed by atoms with Crippen molar-refractivity contribution in [3.05, 3.63) is 64.2 Å². The number of fused-ring (bicyclic) bond motifs is 10. The summed E-state index contributed by atoms with van der Waals surface area (Å²) < 4.78 is 71.4. The van der Waals surface area contributed by atoms with Crippen LogP contribution >= 0.6 is 0 Å². The van der Waals surface area contributed by atoms with Crippen molar-refractivity contribution < 1.29 is 17.6 Å². The molecule has 4 heterocycles. The standard InChI is InChI=1S/C39H43BF4N2/c1-22-16-29-31-30(17-22)46-33-26(37(42)13-9-11-15-39(37,46)44)19-24(35(5,6)7)21-28(33)40(31)27-20-23(34(2,3)4)18-25-32(27)45(29)38(43)14-10-8-12-36(25,38)41/h16-21H,8-15H2,1-7H3. The molecule has 2 aliphatic carbocycles. The Balaban J connectivity index is 1.47. The van der Waals surface area contributed by atoms with E-state index in [4.69, 9.17) is 0 Å². The smallest absolute Gasteiger partial charge is 0.252 e. The molecule has 2 nitrogen and oxygen atoms in total. The lowest BCUT2D eigenvalue weighted by Gasteiger charge is -2.49. The van der Waals surface area contributed by atoms with Gasteiger partial charge in [0, 0.05) is 46.7 Å². The van der Waals surface area contributed by atoms with Gasteiger partial charge in [-0.2, -0.15) is 0 Å². The maximum Gasteiger partial charge on any atom is 0.252 e. The van der Waals surface area contributed by atoms with Gasteiger partial charge in [-0.05, 0) is 114 Å². The molecule has 4 unspecified atom stereocenters. The van der Waals surface area contributed by atoms with E-state index in [1.165, 1.54) is 0 Å². The minimum atomic E-state index is -2.27. The molecular weight excluding hydrogens is 583 g/mol. The Kier molecular flexibility index (Phi) is 5.31. The zero-order valence-electron chi connectivity index (χ0n) is 28.1. The summed E-state index contributed by atoms with van der Waals surface area (Å²) in [5.41, 5.74) is 3.56. The molecule has 4 aliphatic heterocycles. The van der Waals surface area contributed by atoms with Crippen molar-refractivity contribution in [1.29, 1.82) is 0 Å². The minimum absolute atomic E-state index is 0.0785. The zero-order valence-corrected chi connectivity index (χ0v) is 28.1. The second-order valence-electron chi connectivity index (χ2n) is 17.3. The largest absolute Gasteiger partial charge is 0.306 e. The number of benzene rings is 3. The van der Waals surface area contributed by atoms with Crippen molar-refractivity contribution in [2.75, 3.05) is 9.80 Å². The molecule has 6 aliphatic rings. The molecule has 0 N–H and O–H groups in total. The first kappa shape index (κ1) is 29.2. The summed E-state index contributed by atoms with van der Waals surface area (Å²) in [6, 6.07) is 12.1. The first-order valence-corrected chi connectivity index (χ1v) is 17.3.